The Morgan fingerprint density at radius 2 is 1.83 bits per heavy atom. The lowest BCUT2D eigenvalue weighted by Crippen LogP contribution is -2.49. The van der Waals surface area contributed by atoms with Crippen LogP contribution in [0.1, 0.15) is 26.7 Å². The first-order valence-electron chi connectivity index (χ1n) is 7.14. The van der Waals surface area contributed by atoms with Crippen molar-refractivity contribution in [3.63, 3.8) is 0 Å². The van der Waals surface area contributed by atoms with E-state index in [-0.39, 0.29) is 11.9 Å². The number of hydrogen-bond donors (Lipinski definition) is 2. The molecular formula is C13H28N4O. The van der Waals surface area contributed by atoms with Crippen molar-refractivity contribution in [3.05, 3.63) is 0 Å². The Kier molecular flexibility index (Phi) is 7.23. The number of primary amides is 1. The number of nitrogens with two attached hydrogens (primary N) is 1. The van der Waals surface area contributed by atoms with Gasteiger partial charge in [0.05, 0.1) is 6.04 Å². The summed E-state index contributed by atoms with van der Waals surface area (Å²) in [6, 6.07) is -0.172. The maximum atomic E-state index is 11.3. The highest BCUT2D eigenvalue weighted by molar-refractivity contribution is 5.79. The summed E-state index contributed by atoms with van der Waals surface area (Å²) in [6.45, 7) is 11.7. The van der Waals surface area contributed by atoms with E-state index in [0.717, 1.165) is 58.7 Å². The van der Waals surface area contributed by atoms with Gasteiger partial charge in [0.25, 0.3) is 0 Å². The molecule has 1 aliphatic rings. The molecule has 1 aliphatic heterocycles. The van der Waals surface area contributed by atoms with Crippen molar-refractivity contribution in [2.45, 2.75) is 32.7 Å². The van der Waals surface area contributed by atoms with Gasteiger partial charge < -0.3 is 20.9 Å². The smallest absolute Gasteiger partial charge is 0.234 e. The highest BCUT2D eigenvalue weighted by atomic mass is 16.1. The lowest BCUT2D eigenvalue weighted by molar-refractivity contribution is -0.120. The van der Waals surface area contributed by atoms with Crippen molar-refractivity contribution in [2.24, 2.45) is 5.73 Å². The van der Waals surface area contributed by atoms with Crippen molar-refractivity contribution in [2.75, 3.05) is 45.8 Å². The molecule has 0 bridgehead atoms. The number of rotatable bonds is 8. The molecule has 1 fully saturated rings. The van der Waals surface area contributed by atoms with Gasteiger partial charge in [0, 0.05) is 32.7 Å². The first-order chi connectivity index (χ1) is 8.67. The molecule has 1 unspecified atom stereocenters. The van der Waals surface area contributed by atoms with E-state index in [4.69, 9.17) is 5.73 Å². The Labute approximate surface area is 111 Å². The SMILES string of the molecule is CCCNC(CCN1CCN(CC)CC1)C(N)=O. The second-order valence-electron chi connectivity index (χ2n) is 4.97. The number of likely N-dealkylation sites (N-methyl/N-ethyl adjacent to an activating group) is 1. The molecule has 1 atom stereocenters. The highest BCUT2D eigenvalue weighted by Crippen LogP contribution is 2.03. The molecule has 18 heavy (non-hydrogen) atoms. The van der Waals surface area contributed by atoms with Crippen LogP contribution in [0.2, 0.25) is 0 Å². The number of hydrogen-bond acceptors (Lipinski definition) is 4. The second kappa shape index (κ2) is 8.45. The van der Waals surface area contributed by atoms with Gasteiger partial charge in [0.1, 0.15) is 0 Å². The van der Waals surface area contributed by atoms with Crippen molar-refractivity contribution >= 4 is 5.91 Å². The van der Waals surface area contributed by atoms with E-state index < -0.39 is 0 Å². The van der Waals surface area contributed by atoms with Gasteiger partial charge in [-0.25, -0.2) is 0 Å². The van der Waals surface area contributed by atoms with Crippen LogP contribution in [-0.2, 0) is 4.79 Å². The lowest BCUT2D eigenvalue weighted by atomic mass is 10.1. The minimum absolute atomic E-state index is 0.172. The van der Waals surface area contributed by atoms with Gasteiger partial charge in [-0.1, -0.05) is 13.8 Å². The molecule has 0 aromatic carbocycles. The number of carbonyl (C=O) groups is 1. The first kappa shape index (κ1) is 15.4. The monoisotopic (exact) mass is 256 g/mol. The maximum Gasteiger partial charge on any atom is 0.234 e. The zero-order valence-electron chi connectivity index (χ0n) is 11.8. The summed E-state index contributed by atoms with van der Waals surface area (Å²) >= 11 is 0. The quantitative estimate of drug-likeness (QED) is 0.635. The fourth-order valence-electron chi connectivity index (χ4n) is 2.30. The van der Waals surface area contributed by atoms with Gasteiger partial charge in [0.15, 0.2) is 0 Å². The van der Waals surface area contributed by atoms with Crippen LogP contribution in [0.25, 0.3) is 0 Å². The molecule has 5 heteroatoms. The van der Waals surface area contributed by atoms with Crippen LogP contribution in [0, 0.1) is 0 Å². The molecule has 0 spiro atoms. The van der Waals surface area contributed by atoms with Crippen LogP contribution < -0.4 is 11.1 Å². The zero-order chi connectivity index (χ0) is 13.4. The second-order valence-corrected chi connectivity index (χ2v) is 4.97. The Morgan fingerprint density at radius 3 is 2.33 bits per heavy atom. The van der Waals surface area contributed by atoms with Gasteiger partial charge >= 0.3 is 0 Å². The predicted molar refractivity (Wildman–Crippen MR) is 74.4 cm³/mol. The molecule has 1 heterocycles. The average molecular weight is 256 g/mol. The molecule has 0 aliphatic carbocycles. The van der Waals surface area contributed by atoms with Gasteiger partial charge in [-0.15, -0.1) is 0 Å². The van der Waals surface area contributed by atoms with Crippen LogP contribution in [0.5, 0.6) is 0 Å². The fraction of sp³-hybridized carbons (Fsp3) is 0.923. The molecule has 3 N–H and O–H groups in total. The van der Waals surface area contributed by atoms with E-state index >= 15 is 0 Å². The van der Waals surface area contributed by atoms with E-state index in [9.17, 15) is 4.79 Å². The van der Waals surface area contributed by atoms with Crippen LogP contribution >= 0.6 is 0 Å². The van der Waals surface area contributed by atoms with E-state index in [2.05, 4.69) is 29.0 Å². The number of nitrogens with one attached hydrogen (secondary N) is 1. The normalized spacial score (nSPS) is 19.9. The third kappa shape index (κ3) is 5.33. The molecule has 1 saturated heterocycles. The Morgan fingerprint density at radius 1 is 1.22 bits per heavy atom. The molecule has 106 valence electrons. The Balaban J connectivity index is 2.23. The first-order valence-corrected chi connectivity index (χ1v) is 7.14. The molecule has 1 rings (SSSR count). The standard InChI is InChI=1S/C13H28N4O/c1-3-6-15-12(13(14)18)5-7-17-10-8-16(4-2)9-11-17/h12,15H,3-11H2,1-2H3,(H2,14,18). The van der Waals surface area contributed by atoms with Gasteiger partial charge in [-0.05, 0) is 25.9 Å². The summed E-state index contributed by atoms with van der Waals surface area (Å²) in [7, 11) is 0. The topological polar surface area (TPSA) is 61.6 Å². The van der Waals surface area contributed by atoms with Crippen LogP contribution in [0.15, 0.2) is 0 Å². The maximum absolute atomic E-state index is 11.3. The average Bonchev–Trinajstić information content (AvgIpc) is 2.39. The van der Waals surface area contributed by atoms with Crippen molar-refractivity contribution < 1.29 is 4.79 Å². The van der Waals surface area contributed by atoms with E-state index in [1.54, 1.807) is 0 Å². The summed E-state index contributed by atoms with van der Waals surface area (Å²) in [5, 5.41) is 3.22. The lowest BCUT2D eigenvalue weighted by Gasteiger charge is -2.34. The summed E-state index contributed by atoms with van der Waals surface area (Å²) in [5.41, 5.74) is 5.41. The Bertz CT molecular complexity index is 239. The van der Waals surface area contributed by atoms with E-state index in [1.807, 2.05) is 0 Å². The predicted octanol–water partition coefficient (Wildman–Crippen LogP) is -0.132. The van der Waals surface area contributed by atoms with Gasteiger partial charge in [-0.3, -0.25) is 4.79 Å². The van der Waals surface area contributed by atoms with Crippen LogP contribution in [-0.4, -0.2) is 67.6 Å². The number of carbonyl (C=O) groups excluding carboxylic acids is 1. The molecule has 0 aromatic heterocycles. The molecule has 0 radical (unpaired) electrons. The minimum Gasteiger partial charge on any atom is -0.368 e. The third-order valence-electron chi connectivity index (χ3n) is 3.63. The molecule has 0 saturated carbocycles. The van der Waals surface area contributed by atoms with Crippen molar-refractivity contribution in [1.29, 1.82) is 0 Å². The van der Waals surface area contributed by atoms with Crippen LogP contribution in [0.4, 0.5) is 0 Å². The minimum atomic E-state index is -0.226. The summed E-state index contributed by atoms with van der Waals surface area (Å²) in [6.07, 6.45) is 1.85. The fourth-order valence-corrected chi connectivity index (χ4v) is 2.30. The molecule has 1 amide bonds. The third-order valence-corrected chi connectivity index (χ3v) is 3.63. The Hall–Kier alpha value is -0.650. The largest absolute Gasteiger partial charge is 0.368 e. The number of amides is 1. The van der Waals surface area contributed by atoms with Crippen LogP contribution in [0.3, 0.4) is 0 Å². The highest BCUT2D eigenvalue weighted by Gasteiger charge is 2.19. The van der Waals surface area contributed by atoms with Gasteiger partial charge in [-0.2, -0.15) is 0 Å². The molecule has 5 nitrogen and oxygen atoms in total. The molecular weight excluding hydrogens is 228 g/mol. The number of nitrogens with zero attached hydrogens (tertiary/aromatic N) is 2. The van der Waals surface area contributed by atoms with Crippen molar-refractivity contribution in [3.8, 4) is 0 Å². The van der Waals surface area contributed by atoms with E-state index in [0.29, 0.717) is 0 Å². The summed E-state index contributed by atoms with van der Waals surface area (Å²) < 4.78 is 0. The van der Waals surface area contributed by atoms with Gasteiger partial charge in [0.2, 0.25) is 5.91 Å². The zero-order valence-corrected chi connectivity index (χ0v) is 11.8. The van der Waals surface area contributed by atoms with Crippen molar-refractivity contribution in [1.82, 2.24) is 15.1 Å². The molecule has 0 aromatic rings. The number of piperazine rings is 1. The summed E-state index contributed by atoms with van der Waals surface area (Å²) in [4.78, 5) is 16.2. The van der Waals surface area contributed by atoms with E-state index in [1.165, 1.54) is 0 Å². The summed E-state index contributed by atoms with van der Waals surface area (Å²) in [5.74, 6) is -0.226.